The predicted molar refractivity (Wildman–Crippen MR) is 82.1 cm³/mol. The third-order valence-corrected chi connectivity index (χ3v) is 3.49. The molecular weight excluding hydrogens is 309 g/mol. The molecule has 0 aliphatic carbocycles. The first-order valence-electron chi connectivity index (χ1n) is 6.32. The molecule has 0 aliphatic heterocycles. The molecule has 0 aromatic carbocycles. The number of hydrogen-bond donors (Lipinski definition) is 0. The van der Waals surface area contributed by atoms with Crippen LogP contribution in [0.5, 0.6) is 0 Å². The van der Waals surface area contributed by atoms with Gasteiger partial charge in [-0.25, -0.2) is 9.97 Å². The Bertz CT molecular complexity index is 627. The number of halogens is 2. The molecule has 7 heteroatoms. The molecule has 2 aromatic rings. The van der Waals surface area contributed by atoms with Gasteiger partial charge >= 0.3 is 0 Å². The first-order valence-corrected chi connectivity index (χ1v) is 7.23. The zero-order valence-electron chi connectivity index (χ0n) is 11.2. The highest BCUT2D eigenvalue weighted by molar-refractivity contribution is 6.31. The maximum absolute atomic E-state index is 8.84. The van der Waals surface area contributed by atoms with Crippen LogP contribution in [-0.2, 0) is 12.4 Å². The second kappa shape index (κ2) is 7.77. The van der Waals surface area contributed by atoms with E-state index in [4.69, 9.17) is 28.5 Å². The van der Waals surface area contributed by atoms with Crippen molar-refractivity contribution in [3.8, 4) is 6.07 Å². The summed E-state index contributed by atoms with van der Waals surface area (Å²) in [6.07, 6.45) is 5.28. The van der Waals surface area contributed by atoms with E-state index in [1.807, 2.05) is 17.0 Å². The Balaban J connectivity index is 2.32. The van der Waals surface area contributed by atoms with E-state index in [0.717, 1.165) is 5.56 Å². The van der Waals surface area contributed by atoms with Crippen LogP contribution in [0.2, 0.25) is 5.15 Å². The van der Waals surface area contributed by atoms with Crippen LogP contribution in [-0.4, -0.2) is 21.5 Å². The standard InChI is InChI=1S/C14H13Cl2N5/c15-7-12-13(16)19-10-20-14(12)21(6-2-4-17)9-11-3-1-5-18-8-11/h1,3,5,8,10H,2,6-7,9H2. The maximum atomic E-state index is 8.84. The third kappa shape index (κ3) is 4.03. The van der Waals surface area contributed by atoms with Crippen molar-refractivity contribution in [3.63, 3.8) is 0 Å². The van der Waals surface area contributed by atoms with Crippen molar-refractivity contribution >= 4 is 29.0 Å². The monoisotopic (exact) mass is 321 g/mol. The Kier molecular flexibility index (Phi) is 5.73. The molecule has 0 saturated carbocycles. The molecule has 108 valence electrons. The molecule has 0 spiro atoms. The normalized spacial score (nSPS) is 10.1. The quantitative estimate of drug-likeness (QED) is 0.603. The summed E-state index contributed by atoms with van der Waals surface area (Å²) >= 11 is 12.0. The molecule has 0 radical (unpaired) electrons. The fourth-order valence-corrected chi connectivity index (χ4v) is 2.44. The van der Waals surface area contributed by atoms with E-state index < -0.39 is 0 Å². The molecule has 0 fully saturated rings. The lowest BCUT2D eigenvalue weighted by atomic mass is 10.2. The number of anilines is 1. The van der Waals surface area contributed by atoms with Crippen molar-refractivity contribution in [2.45, 2.75) is 18.8 Å². The van der Waals surface area contributed by atoms with Gasteiger partial charge in [-0.15, -0.1) is 11.6 Å². The van der Waals surface area contributed by atoms with Crippen LogP contribution in [0.15, 0.2) is 30.9 Å². The number of hydrogen-bond acceptors (Lipinski definition) is 5. The second-order valence-corrected chi connectivity index (χ2v) is 4.92. The zero-order chi connectivity index (χ0) is 15.1. The third-order valence-electron chi connectivity index (χ3n) is 2.89. The second-order valence-electron chi connectivity index (χ2n) is 4.29. The molecule has 0 N–H and O–H groups in total. The summed E-state index contributed by atoms with van der Waals surface area (Å²) in [7, 11) is 0. The Morgan fingerprint density at radius 3 is 2.86 bits per heavy atom. The molecule has 2 rings (SSSR count). The fourth-order valence-electron chi connectivity index (χ4n) is 1.93. The Labute approximate surface area is 133 Å². The summed E-state index contributed by atoms with van der Waals surface area (Å²) in [5.74, 6) is 0.870. The molecule has 0 bridgehead atoms. The molecule has 5 nitrogen and oxygen atoms in total. The lowest BCUT2D eigenvalue weighted by Crippen LogP contribution is -2.26. The fraction of sp³-hybridized carbons (Fsp3) is 0.286. The van der Waals surface area contributed by atoms with Gasteiger partial charge in [0, 0.05) is 31.0 Å². The van der Waals surface area contributed by atoms with Crippen LogP contribution in [0.1, 0.15) is 17.5 Å². The van der Waals surface area contributed by atoms with Gasteiger partial charge in [0.2, 0.25) is 0 Å². The van der Waals surface area contributed by atoms with Crippen LogP contribution in [0.4, 0.5) is 5.82 Å². The van der Waals surface area contributed by atoms with Crippen molar-refractivity contribution in [2.24, 2.45) is 0 Å². The highest BCUT2D eigenvalue weighted by Gasteiger charge is 2.16. The summed E-state index contributed by atoms with van der Waals surface area (Å²) in [6, 6.07) is 5.98. The van der Waals surface area contributed by atoms with Gasteiger partial charge in [0.25, 0.3) is 0 Å². The average Bonchev–Trinajstić information content (AvgIpc) is 2.52. The van der Waals surface area contributed by atoms with Gasteiger partial charge in [-0.2, -0.15) is 5.26 Å². The SMILES string of the molecule is N#CCCN(Cc1cccnc1)c1ncnc(Cl)c1CCl. The van der Waals surface area contributed by atoms with E-state index in [-0.39, 0.29) is 5.88 Å². The van der Waals surface area contributed by atoms with E-state index in [0.29, 0.717) is 36.0 Å². The van der Waals surface area contributed by atoms with Gasteiger partial charge in [0.05, 0.1) is 18.4 Å². The van der Waals surface area contributed by atoms with Gasteiger partial charge in [-0.3, -0.25) is 4.98 Å². The smallest absolute Gasteiger partial charge is 0.138 e. The largest absolute Gasteiger partial charge is 0.351 e. The first kappa shape index (κ1) is 15.5. The Morgan fingerprint density at radius 2 is 2.19 bits per heavy atom. The highest BCUT2D eigenvalue weighted by Crippen LogP contribution is 2.26. The van der Waals surface area contributed by atoms with Gasteiger partial charge in [-0.05, 0) is 11.6 Å². The predicted octanol–water partition coefficient (Wildman–Crippen LogP) is 3.18. The lowest BCUT2D eigenvalue weighted by molar-refractivity contribution is 0.772. The summed E-state index contributed by atoms with van der Waals surface area (Å²) in [4.78, 5) is 14.3. The molecule has 0 amide bonds. The zero-order valence-corrected chi connectivity index (χ0v) is 12.7. The van der Waals surface area contributed by atoms with E-state index >= 15 is 0 Å². The molecule has 21 heavy (non-hydrogen) atoms. The molecule has 2 aromatic heterocycles. The van der Waals surface area contributed by atoms with Crippen LogP contribution in [0.25, 0.3) is 0 Å². The van der Waals surface area contributed by atoms with Crippen molar-refractivity contribution in [1.82, 2.24) is 15.0 Å². The first-order chi connectivity index (χ1) is 10.3. The van der Waals surface area contributed by atoms with Crippen molar-refractivity contribution in [3.05, 3.63) is 47.1 Å². The van der Waals surface area contributed by atoms with Crippen molar-refractivity contribution < 1.29 is 0 Å². The Morgan fingerprint density at radius 1 is 1.33 bits per heavy atom. The minimum absolute atomic E-state index is 0.213. The van der Waals surface area contributed by atoms with Gasteiger partial charge < -0.3 is 4.90 Å². The van der Waals surface area contributed by atoms with E-state index in [1.165, 1.54) is 6.33 Å². The summed E-state index contributed by atoms with van der Waals surface area (Å²) in [5.41, 5.74) is 1.69. The summed E-state index contributed by atoms with van der Waals surface area (Å²) in [6.45, 7) is 1.11. The molecule has 0 aliphatic rings. The maximum Gasteiger partial charge on any atom is 0.138 e. The molecule has 0 atom stereocenters. The molecule has 0 saturated heterocycles. The minimum Gasteiger partial charge on any atom is -0.351 e. The lowest BCUT2D eigenvalue weighted by Gasteiger charge is -2.24. The topological polar surface area (TPSA) is 65.7 Å². The number of nitrogens with zero attached hydrogens (tertiary/aromatic N) is 5. The summed E-state index contributed by atoms with van der Waals surface area (Å²) < 4.78 is 0. The van der Waals surface area contributed by atoms with Crippen LogP contribution < -0.4 is 4.90 Å². The molecule has 0 unspecified atom stereocenters. The van der Waals surface area contributed by atoms with E-state index in [9.17, 15) is 0 Å². The van der Waals surface area contributed by atoms with Crippen LogP contribution in [0, 0.1) is 11.3 Å². The van der Waals surface area contributed by atoms with Gasteiger partial charge in [0.1, 0.15) is 17.3 Å². The highest BCUT2D eigenvalue weighted by atomic mass is 35.5. The average molecular weight is 322 g/mol. The number of aromatic nitrogens is 3. The summed E-state index contributed by atoms with van der Waals surface area (Å²) in [5, 5.41) is 9.17. The van der Waals surface area contributed by atoms with E-state index in [2.05, 4.69) is 21.0 Å². The van der Waals surface area contributed by atoms with Crippen molar-refractivity contribution in [1.29, 1.82) is 5.26 Å². The van der Waals surface area contributed by atoms with Crippen LogP contribution in [0.3, 0.4) is 0 Å². The van der Waals surface area contributed by atoms with Gasteiger partial charge in [-0.1, -0.05) is 17.7 Å². The number of pyridine rings is 1. The Hall–Kier alpha value is -1.90. The number of alkyl halides is 1. The molecular formula is C14H13Cl2N5. The minimum atomic E-state index is 0.213. The van der Waals surface area contributed by atoms with Gasteiger partial charge in [0.15, 0.2) is 0 Å². The van der Waals surface area contributed by atoms with E-state index in [1.54, 1.807) is 12.4 Å². The number of rotatable bonds is 6. The van der Waals surface area contributed by atoms with Crippen molar-refractivity contribution in [2.75, 3.05) is 11.4 Å². The van der Waals surface area contributed by atoms with Crippen LogP contribution >= 0.6 is 23.2 Å². The molecule has 2 heterocycles. The number of nitriles is 1.